The third-order valence-electron chi connectivity index (χ3n) is 4.22. The van der Waals surface area contributed by atoms with Gasteiger partial charge < -0.3 is 9.84 Å². The fraction of sp³-hybridized carbons (Fsp3) is 0.917. The fourth-order valence-corrected chi connectivity index (χ4v) is 4.20. The predicted octanol–water partition coefficient (Wildman–Crippen LogP) is 0.604. The molecule has 2 aliphatic rings. The van der Waals surface area contributed by atoms with E-state index in [1.54, 1.807) is 6.92 Å². The van der Waals surface area contributed by atoms with E-state index in [2.05, 4.69) is 4.74 Å². The molecule has 1 aliphatic heterocycles. The van der Waals surface area contributed by atoms with Gasteiger partial charge in [-0.3, -0.25) is 0 Å². The SMILES string of the molecule is CCOC(=O)NS(=O)(=O)N1CCC2(O)CCCCC2C1. The van der Waals surface area contributed by atoms with Crippen molar-refractivity contribution in [2.24, 2.45) is 5.92 Å². The molecule has 20 heavy (non-hydrogen) atoms. The highest BCUT2D eigenvalue weighted by Crippen LogP contribution is 2.40. The molecule has 8 heteroatoms. The van der Waals surface area contributed by atoms with Gasteiger partial charge >= 0.3 is 16.3 Å². The van der Waals surface area contributed by atoms with Gasteiger partial charge in [0.25, 0.3) is 0 Å². The molecule has 1 amide bonds. The maximum absolute atomic E-state index is 12.1. The molecule has 116 valence electrons. The number of amides is 1. The molecule has 2 rings (SSSR count). The monoisotopic (exact) mass is 306 g/mol. The van der Waals surface area contributed by atoms with Crippen molar-refractivity contribution in [1.82, 2.24) is 9.03 Å². The van der Waals surface area contributed by atoms with E-state index in [4.69, 9.17) is 0 Å². The van der Waals surface area contributed by atoms with Crippen LogP contribution in [0.15, 0.2) is 0 Å². The van der Waals surface area contributed by atoms with Crippen LogP contribution < -0.4 is 4.72 Å². The lowest BCUT2D eigenvalue weighted by molar-refractivity contribution is -0.0817. The van der Waals surface area contributed by atoms with Crippen LogP contribution in [0.25, 0.3) is 0 Å². The average Bonchev–Trinajstić information content (AvgIpc) is 2.37. The smallest absolute Gasteiger partial charge is 0.421 e. The zero-order chi connectivity index (χ0) is 14.8. The Morgan fingerprint density at radius 1 is 1.45 bits per heavy atom. The summed E-state index contributed by atoms with van der Waals surface area (Å²) in [6.45, 7) is 2.20. The second kappa shape index (κ2) is 5.87. The predicted molar refractivity (Wildman–Crippen MR) is 72.2 cm³/mol. The van der Waals surface area contributed by atoms with Crippen molar-refractivity contribution in [2.45, 2.75) is 44.6 Å². The molecule has 7 nitrogen and oxygen atoms in total. The number of ether oxygens (including phenoxy) is 1. The summed E-state index contributed by atoms with van der Waals surface area (Å²) < 4.78 is 31.9. The molecule has 2 fully saturated rings. The standard InChI is InChI=1S/C12H22N2O5S/c1-2-19-11(15)13-20(17,18)14-8-7-12(16)6-4-3-5-10(12)9-14/h10,16H,2-9H2,1H3,(H,13,15). The Bertz CT molecular complexity index is 466. The number of piperidine rings is 1. The molecule has 0 aromatic carbocycles. The lowest BCUT2D eigenvalue weighted by Crippen LogP contribution is -2.57. The van der Waals surface area contributed by atoms with Crippen LogP contribution in [-0.2, 0) is 14.9 Å². The molecule has 1 aliphatic carbocycles. The number of hydrogen-bond donors (Lipinski definition) is 2. The first kappa shape index (κ1) is 15.5. The third-order valence-corrected chi connectivity index (χ3v) is 5.65. The highest BCUT2D eigenvalue weighted by molar-refractivity contribution is 7.87. The topological polar surface area (TPSA) is 95.9 Å². The third kappa shape index (κ3) is 3.24. The molecular formula is C12H22N2O5S. The summed E-state index contributed by atoms with van der Waals surface area (Å²) in [5.41, 5.74) is -0.742. The molecule has 2 unspecified atom stereocenters. The van der Waals surface area contributed by atoms with Crippen LogP contribution in [0, 0.1) is 5.92 Å². The molecule has 0 spiro atoms. The second-order valence-corrected chi connectivity index (χ2v) is 7.15. The summed E-state index contributed by atoms with van der Waals surface area (Å²) in [6, 6.07) is 0. The normalized spacial score (nSPS) is 31.4. The number of nitrogens with zero attached hydrogens (tertiary/aromatic N) is 1. The summed E-state index contributed by atoms with van der Waals surface area (Å²) in [7, 11) is -3.88. The largest absolute Gasteiger partial charge is 0.449 e. The summed E-state index contributed by atoms with van der Waals surface area (Å²) in [6.07, 6.45) is 3.00. The molecule has 2 N–H and O–H groups in total. The minimum atomic E-state index is -3.88. The minimum absolute atomic E-state index is 0.0521. The molecule has 1 heterocycles. The van der Waals surface area contributed by atoms with Crippen molar-refractivity contribution in [3.05, 3.63) is 0 Å². The van der Waals surface area contributed by atoms with E-state index >= 15 is 0 Å². The molecule has 1 saturated carbocycles. The van der Waals surface area contributed by atoms with Gasteiger partial charge in [-0.15, -0.1) is 0 Å². The van der Waals surface area contributed by atoms with Gasteiger partial charge in [-0.25, -0.2) is 9.52 Å². The molecule has 1 saturated heterocycles. The van der Waals surface area contributed by atoms with Crippen LogP contribution in [0.2, 0.25) is 0 Å². The lowest BCUT2D eigenvalue weighted by Gasteiger charge is -2.46. The van der Waals surface area contributed by atoms with Crippen LogP contribution >= 0.6 is 0 Å². The first-order valence-corrected chi connectivity index (χ1v) is 8.48. The second-order valence-electron chi connectivity index (χ2n) is 5.48. The van der Waals surface area contributed by atoms with E-state index in [-0.39, 0.29) is 25.6 Å². The number of hydrogen-bond acceptors (Lipinski definition) is 5. The summed E-state index contributed by atoms with van der Waals surface area (Å²) in [4.78, 5) is 11.3. The van der Waals surface area contributed by atoms with Crippen molar-refractivity contribution in [1.29, 1.82) is 0 Å². The van der Waals surface area contributed by atoms with Crippen LogP contribution in [-0.4, -0.2) is 49.2 Å². The van der Waals surface area contributed by atoms with Crippen molar-refractivity contribution >= 4 is 16.3 Å². The number of aliphatic hydroxyl groups is 1. The Balaban J connectivity index is 2.02. The zero-order valence-electron chi connectivity index (χ0n) is 11.7. The van der Waals surface area contributed by atoms with Gasteiger partial charge in [0, 0.05) is 19.0 Å². The van der Waals surface area contributed by atoms with E-state index in [9.17, 15) is 18.3 Å². The van der Waals surface area contributed by atoms with E-state index in [0.717, 1.165) is 25.7 Å². The van der Waals surface area contributed by atoms with Gasteiger partial charge in [-0.05, 0) is 26.2 Å². The zero-order valence-corrected chi connectivity index (χ0v) is 12.5. The van der Waals surface area contributed by atoms with Gasteiger partial charge in [0.2, 0.25) is 0 Å². The average molecular weight is 306 g/mol. The fourth-order valence-electron chi connectivity index (χ4n) is 3.09. The highest BCUT2D eigenvalue weighted by atomic mass is 32.2. The Morgan fingerprint density at radius 3 is 2.90 bits per heavy atom. The van der Waals surface area contributed by atoms with Crippen LogP contribution in [0.3, 0.4) is 0 Å². The molecule has 0 bridgehead atoms. The lowest BCUT2D eigenvalue weighted by atomic mass is 9.72. The van der Waals surface area contributed by atoms with Gasteiger partial charge in [0.05, 0.1) is 12.2 Å². The Labute approximate surface area is 119 Å². The quantitative estimate of drug-likeness (QED) is 0.796. The van der Waals surface area contributed by atoms with Gasteiger partial charge in [0.1, 0.15) is 0 Å². The van der Waals surface area contributed by atoms with Gasteiger partial charge in [-0.2, -0.15) is 12.7 Å². The molecule has 0 aromatic rings. The van der Waals surface area contributed by atoms with Crippen molar-refractivity contribution in [2.75, 3.05) is 19.7 Å². The van der Waals surface area contributed by atoms with Crippen molar-refractivity contribution in [3.63, 3.8) is 0 Å². The number of fused-ring (bicyclic) bond motifs is 1. The number of carbonyl (C=O) groups excluding carboxylic acids is 1. The van der Waals surface area contributed by atoms with E-state index in [1.165, 1.54) is 4.31 Å². The number of rotatable bonds is 3. The first-order valence-electron chi connectivity index (χ1n) is 7.04. The Hall–Kier alpha value is -0.860. The molecule has 0 aromatic heterocycles. The first-order chi connectivity index (χ1) is 9.37. The van der Waals surface area contributed by atoms with E-state index in [0.29, 0.717) is 6.42 Å². The maximum Gasteiger partial charge on any atom is 0.421 e. The number of carbonyl (C=O) groups is 1. The Kier molecular flexibility index (Phi) is 4.55. The van der Waals surface area contributed by atoms with Gasteiger partial charge in [0.15, 0.2) is 0 Å². The summed E-state index contributed by atoms with van der Waals surface area (Å²) >= 11 is 0. The Morgan fingerprint density at radius 2 is 2.20 bits per heavy atom. The van der Waals surface area contributed by atoms with E-state index < -0.39 is 21.9 Å². The molecule has 2 atom stereocenters. The van der Waals surface area contributed by atoms with Gasteiger partial charge in [-0.1, -0.05) is 12.8 Å². The summed E-state index contributed by atoms with van der Waals surface area (Å²) in [5, 5.41) is 10.5. The minimum Gasteiger partial charge on any atom is -0.449 e. The van der Waals surface area contributed by atoms with Crippen LogP contribution in [0.5, 0.6) is 0 Å². The molecular weight excluding hydrogens is 284 g/mol. The van der Waals surface area contributed by atoms with Crippen molar-refractivity contribution in [3.8, 4) is 0 Å². The summed E-state index contributed by atoms with van der Waals surface area (Å²) in [5.74, 6) is -0.0521. The highest BCUT2D eigenvalue weighted by Gasteiger charge is 2.45. The van der Waals surface area contributed by atoms with Crippen LogP contribution in [0.1, 0.15) is 39.0 Å². The number of nitrogens with one attached hydrogen (secondary N) is 1. The maximum atomic E-state index is 12.1. The molecule has 0 radical (unpaired) electrons. The van der Waals surface area contributed by atoms with E-state index in [1.807, 2.05) is 4.72 Å². The van der Waals surface area contributed by atoms with Crippen LogP contribution in [0.4, 0.5) is 4.79 Å². The van der Waals surface area contributed by atoms with Crippen molar-refractivity contribution < 1.29 is 23.1 Å².